The van der Waals surface area contributed by atoms with E-state index in [-0.39, 0.29) is 6.10 Å². The molecule has 1 rings (SSSR count). The average Bonchev–Trinajstić information content (AvgIpc) is 2.41. The lowest BCUT2D eigenvalue weighted by molar-refractivity contribution is 0.0706. The SMILES string of the molecule is Cc1nn(CCOC(C)C)c(C)c1C=O. The minimum Gasteiger partial charge on any atom is -0.377 e. The number of carbonyl (C=O) groups is 1. The molecule has 0 amide bonds. The average molecular weight is 210 g/mol. The van der Waals surface area contributed by atoms with Crippen molar-refractivity contribution in [2.45, 2.75) is 40.3 Å². The maximum Gasteiger partial charge on any atom is 0.153 e. The Morgan fingerprint density at radius 1 is 1.47 bits per heavy atom. The van der Waals surface area contributed by atoms with Gasteiger partial charge in [-0.1, -0.05) is 0 Å². The molecular weight excluding hydrogens is 192 g/mol. The van der Waals surface area contributed by atoms with Crippen LogP contribution in [0.2, 0.25) is 0 Å². The third-order valence-electron chi connectivity index (χ3n) is 2.31. The summed E-state index contributed by atoms with van der Waals surface area (Å²) in [5, 5.41) is 4.28. The molecule has 15 heavy (non-hydrogen) atoms. The first kappa shape index (κ1) is 11.9. The van der Waals surface area contributed by atoms with Gasteiger partial charge in [0, 0.05) is 5.69 Å². The highest BCUT2D eigenvalue weighted by Crippen LogP contribution is 2.09. The van der Waals surface area contributed by atoms with E-state index in [0.717, 1.165) is 17.7 Å². The van der Waals surface area contributed by atoms with E-state index in [1.807, 2.05) is 32.4 Å². The maximum atomic E-state index is 10.8. The van der Waals surface area contributed by atoms with E-state index in [0.29, 0.717) is 18.7 Å². The summed E-state index contributed by atoms with van der Waals surface area (Å²) >= 11 is 0. The third kappa shape index (κ3) is 2.89. The van der Waals surface area contributed by atoms with Crippen molar-refractivity contribution in [3.63, 3.8) is 0 Å². The van der Waals surface area contributed by atoms with E-state index in [2.05, 4.69) is 5.10 Å². The minimum absolute atomic E-state index is 0.229. The van der Waals surface area contributed by atoms with Gasteiger partial charge in [0.25, 0.3) is 0 Å². The molecule has 4 heteroatoms. The number of rotatable bonds is 5. The molecule has 0 unspecified atom stereocenters. The van der Waals surface area contributed by atoms with Gasteiger partial charge in [0.2, 0.25) is 0 Å². The number of hydrogen-bond acceptors (Lipinski definition) is 3. The molecule has 1 heterocycles. The van der Waals surface area contributed by atoms with Crippen LogP contribution in [-0.2, 0) is 11.3 Å². The standard InChI is InChI=1S/C11H18N2O2/c1-8(2)15-6-5-13-10(4)11(7-14)9(3)12-13/h7-8H,5-6H2,1-4H3. The number of hydrogen-bond donors (Lipinski definition) is 0. The van der Waals surface area contributed by atoms with E-state index in [1.54, 1.807) is 0 Å². The Bertz CT molecular complexity index is 343. The van der Waals surface area contributed by atoms with Gasteiger partial charge in [-0.15, -0.1) is 0 Å². The Balaban J connectivity index is 2.66. The van der Waals surface area contributed by atoms with Gasteiger partial charge in [0.05, 0.1) is 30.5 Å². The summed E-state index contributed by atoms with van der Waals surface area (Å²) in [5.41, 5.74) is 2.39. The van der Waals surface area contributed by atoms with Gasteiger partial charge in [-0.3, -0.25) is 9.48 Å². The fourth-order valence-electron chi connectivity index (χ4n) is 1.47. The van der Waals surface area contributed by atoms with Crippen molar-refractivity contribution < 1.29 is 9.53 Å². The second kappa shape index (κ2) is 5.07. The van der Waals surface area contributed by atoms with Gasteiger partial charge in [-0.2, -0.15) is 5.10 Å². The van der Waals surface area contributed by atoms with Gasteiger partial charge < -0.3 is 4.74 Å². The van der Waals surface area contributed by atoms with Crippen LogP contribution in [0.3, 0.4) is 0 Å². The third-order valence-corrected chi connectivity index (χ3v) is 2.31. The van der Waals surface area contributed by atoms with Crippen LogP contribution < -0.4 is 0 Å². The lowest BCUT2D eigenvalue weighted by Gasteiger charge is -2.08. The van der Waals surface area contributed by atoms with Crippen LogP contribution in [0.15, 0.2) is 0 Å². The van der Waals surface area contributed by atoms with Crippen LogP contribution >= 0.6 is 0 Å². The number of ether oxygens (including phenoxy) is 1. The van der Waals surface area contributed by atoms with Crippen LogP contribution in [-0.4, -0.2) is 28.8 Å². The monoisotopic (exact) mass is 210 g/mol. The van der Waals surface area contributed by atoms with Crippen LogP contribution in [0.4, 0.5) is 0 Å². The van der Waals surface area contributed by atoms with Crippen molar-refractivity contribution in [2.75, 3.05) is 6.61 Å². The zero-order valence-electron chi connectivity index (χ0n) is 9.78. The lowest BCUT2D eigenvalue weighted by Crippen LogP contribution is -2.12. The molecule has 0 saturated heterocycles. The quantitative estimate of drug-likeness (QED) is 0.695. The molecule has 1 aromatic rings. The molecule has 0 aliphatic heterocycles. The van der Waals surface area contributed by atoms with E-state index >= 15 is 0 Å². The molecule has 0 atom stereocenters. The number of aryl methyl sites for hydroxylation is 1. The van der Waals surface area contributed by atoms with Crippen molar-refractivity contribution in [1.82, 2.24) is 9.78 Å². The summed E-state index contributed by atoms with van der Waals surface area (Å²) in [6.45, 7) is 9.06. The van der Waals surface area contributed by atoms with Gasteiger partial charge in [-0.25, -0.2) is 0 Å². The molecule has 0 aliphatic carbocycles. The topological polar surface area (TPSA) is 44.1 Å². The second-order valence-electron chi connectivity index (χ2n) is 3.85. The van der Waals surface area contributed by atoms with Crippen molar-refractivity contribution in [3.05, 3.63) is 17.0 Å². The Morgan fingerprint density at radius 3 is 2.60 bits per heavy atom. The Labute approximate surface area is 90.2 Å². The van der Waals surface area contributed by atoms with Crippen LogP contribution in [0.25, 0.3) is 0 Å². The normalized spacial score (nSPS) is 11.0. The minimum atomic E-state index is 0.229. The molecule has 0 N–H and O–H groups in total. The van der Waals surface area contributed by atoms with E-state index in [4.69, 9.17) is 4.74 Å². The molecule has 0 aromatic carbocycles. The van der Waals surface area contributed by atoms with Crippen molar-refractivity contribution in [1.29, 1.82) is 0 Å². The lowest BCUT2D eigenvalue weighted by atomic mass is 10.2. The highest BCUT2D eigenvalue weighted by molar-refractivity contribution is 5.77. The van der Waals surface area contributed by atoms with Crippen molar-refractivity contribution >= 4 is 6.29 Å². The molecule has 0 radical (unpaired) electrons. The first-order chi connectivity index (χ1) is 7.06. The number of carbonyl (C=O) groups excluding carboxylic acids is 1. The van der Waals surface area contributed by atoms with Gasteiger partial charge >= 0.3 is 0 Å². The predicted octanol–water partition coefficient (Wildman–Crippen LogP) is 1.74. The predicted molar refractivity (Wildman–Crippen MR) is 58.2 cm³/mol. The van der Waals surface area contributed by atoms with Crippen LogP contribution in [0.1, 0.15) is 35.6 Å². The first-order valence-corrected chi connectivity index (χ1v) is 5.17. The second-order valence-corrected chi connectivity index (χ2v) is 3.85. The summed E-state index contributed by atoms with van der Waals surface area (Å²) in [5.74, 6) is 0. The molecule has 0 saturated carbocycles. The fourth-order valence-corrected chi connectivity index (χ4v) is 1.47. The smallest absolute Gasteiger partial charge is 0.153 e. The van der Waals surface area contributed by atoms with Crippen molar-refractivity contribution in [3.8, 4) is 0 Å². The zero-order chi connectivity index (χ0) is 11.4. The van der Waals surface area contributed by atoms with E-state index < -0.39 is 0 Å². The summed E-state index contributed by atoms with van der Waals surface area (Å²) in [6, 6.07) is 0. The maximum absolute atomic E-state index is 10.8. The number of aromatic nitrogens is 2. The van der Waals surface area contributed by atoms with Crippen molar-refractivity contribution in [2.24, 2.45) is 0 Å². The number of aldehydes is 1. The summed E-state index contributed by atoms with van der Waals surface area (Å²) in [7, 11) is 0. The molecule has 0 bridgehead atoms. The van der Waals surface area contributed by atoms with Gasteiger partial charge in [0.1, 0.15) is 0 Å². The van der Waals surface area contributed by atoms with Crippen LogP contribution in [0, 0.1) is 13.8 Å². The first-order valence-electron chi connectivity index (χ1n) is 5.17. The molecule has 4 nitrogen and oxygen atoms in total. The zero-order valence-corrected chi connectivity index (χ0v) is 9.78. The van der Waals surface area contributed by atoms with Gasteiger partial charge in [0.15, 0.2) is 6.29 Å². The Morgan fingerprint density at radius 2 is 2.13 bits per heavy atom. The van der Waals surface area contributed by atoms with E-state index in [9.17, 15) is 4.79 Å². The summed E-state index contributed by atoms with van der Waals surface area (Å²) in [4.78, 5) is 10.8. The van der Waals surface area contributed by atoms with E-state index in [1.165, 1.54) is 0 Å². The summed E-state index contributed by atoms with van der Waals surface area (Å²) in [6.07, 6.45) is 1.09. The van der Waals surface area contributed by atoms with Crippen LogP contribution in [0.5, 0.6) is 0 Å². The largest absolute Gasteiger partial charge is 0.377 e. The molecule has 0 spiro atoms. The highest BCUT2D eigenvalue weighted by atomic mass is 16.5. The number of nitrogens with zero attached hydrogens (tertiary/aromatic N) is 2. The van der Waals surface area contributed by atoms with Gasteiger partial charge in [-0.05, 0) is 27.7 Å². The fraction of sp³-hybridized carbons (Fsp3) is 0.636. The Hall–Kier alpha value is -1.16. The molecule has 1 aromatic heterocycles. The molecule has 0 aliphatic rings. The molecule has 0 fully saturated rings. The molecule has 84 valence electrons. The highest BCUT2D eigenvalue weighted by Gasteiger charge is 2.09. The summed E-state index contributed by atoms with van der Waals surface area (Å²) < 4.78 is 7.26. The molecular formula is C11H18N2O2. The Kier molecular flexibility index (Phi) is 4.03.